The first-order chi connectivity index (χ1) is 8.18. The van der Waals surface area contributed by atoms with E-state index < -0.39 is 0 Å². The van der Waals surface area contributed by atoms with Gasteiger partial charge in [-0.1, -0.05) is 11.6 Å². The second-order valence-corrected chi connectivity index (χ2v) is 4.94. The van der Waals surface area contributed by atoms with Gasteiger partial charge in [-0.25, -0.2) is 4.39 Å². The van der Waals surface area contributed by atoms with E-state index in [1.165, 1.54) is 6.07 Å². The molecule has 1 aromatic rings. The summed E-state index contributed by atoms with van der Waals surface area (Å²) < 4.78 is 13.1. The van der Waals surface area contributed by atoms with E-state index in [1.54, 1.807) is 6.07 Å². The lowest BCUT2D eigenvalue weighted by atomic mass is 10.1. The van der Waals surface area contributed by atoms with Gasteiger partial charge in [0.1, 0.15) is 5.82 Å². The smallest absolute Gasteiger partial charge is 0.141 e. The van der Waals surface area contributed by atoms with Gasteiger partial charge in [0, 0.05) is 18.3 Å². The van der Waals surface area contributed by atoms with E-state index in [4.69, 9.17) is 11.6 Å². The molecule has 94 valence electrons. The van der Waals surface area contributed by atoms with Gasteiger partial charge < -0.3 is 10.2 Å². The first kappa shape index (κ1) is 12.7. The standard InChI is InChI=1S/C13H18ClFN2/c1-10-5-7-16-6-2-8-17(10)11-3-4-13(15)12(14)9-11/h3-4,9-10,16H,2,5-8H2,1H3. The Balaban J connectivity index is 2.19. The molecule has 4 heteroatoms. The summed E-state index contributed by atoms with van der Waals surface area (Å²) in [7, 11) is 0. The molecule has 1 atom stereocenters. The number of hydrogen-bond donors (Lipinski definition) is 1. The van der Waals surface area contributed by atoms with Crippen molar-refractivity contribution in [1.29, 1.82) is 0 Å². The Hall–Kier alpha value is -0.800. The van der Waals surface area contributed by atoms with Crippen LogP contribution in [0.2, 0.25) is 5.02 Å². The number of rotatable bonds is 1. The summed E-state index contributed by atoms with van der Waals surface area (Å²) in [5.41, 5.74) is 1.02. The molecule has 17 heavy (non-hydrogen) atoms. The first-order valence-corrected chi connectivity index (χ1v) is 6.48. The van der Waals surface area contributed by atoms with Crippen molar-refractivity contribution in [2.75, 3.05) is 24.5 Å². The Bertz CT molecular complexity index is 384. The van der Waals surface area contributed by atoms with Gasteiger partial charge in [-0.2, -0.15) is 0 Å². The SMILES string of the molecule is CC1CCNCCCN1c1ccc(F)c(Cl)c1. The quantitative estimate of drug-likeness (QED) is 0.831. The number of anilines is 1. The molecule has 0 aromatic heterocycles. The molecule has 1 aromatic carbocycles. The zero-order valence-corrected chi connectivity index (χ0v) is 10.8. The third-order valence-electron chi connectivity index (χ3n) is 3.26. The number of benzene rings is 1. The zero-order valence-electron chi connectivity index (χ0n) is 10.0. The fourth-order valence-corrected chi connectivity index (χ4v) is 2.41. The van der Waals surface area contributed by atoms with Crippen LogP contribution in [-0.4, -0.2) is 25.7 Å². The minimum absolute atomic E-state index is 0.204. The molecule has 1 aliphatic heterocycles. The summed E-state index contributed by atoms with van der Waals surface area (Å²) in [6.45, 7) is 5.26. The van der Waals surface area contributed by atoms with Crippen LogP contribution < -0.4 is 10.2 Å². The van der Waals surface area contributed by atoms with Crippen LogP contribution in [0.5, 0.6) is 0 Å². The summed E-state index contributed by atoms with van der Waals surface area (Å²) in [5, 5.41) is 3.60. The zero-order chi connectivity index (χ0) is 12.3. The maximum atomic E-state index is 13.1. The van der Waals surface area contributed by atoms with Crippen molar-refractivity contribution in [2.45, 2.75) is 25.8 Å². The van der Waals surface area contributed by atoms with Crippen LogP contribution in [0.15, 0.2) is 18.2 Å². The van der Waals surface area contributed by atoms with Crippen molar-refractivity contribution >= 4 is 17.3 Å². The summed E-state index contributed by atoms with van der Waals surface area (Å²) in [6, 6.07) is 5.43. The molecule has 1 N–H and O–H groups in total. The van der Waals surface area contributed by atoms with Crippen LogP contribution in [-0.2, 0) is 0 Å². The molecule has 0 saturated carbocycles. The second kappa shape index (κ2) is 5.69. The van der Waals surface area contributed by atoms with Crippen molar-refractivity contribution in [3.63, 3.8) is 0 Å². The molecule has 2 nitrogen and oxygen atoms in total. The Morgan fingerprint density at radius 3 is 3.00 bits per heavy atom. The average molecular weight is 257 g/mol. The molecule has 1 unspecified atom stereocenters. The van der Waals surface area contributed by atoms with Crippen molar-refractivity contribution in [3.05, 3.63) is 29.0 Å². The van der Waals surface area contributed by atoms with Crippen LogP contribution in [0, 0.1) is 5.82 Å². The third kappa shape index (κ3) is 3.11. The molecule has 0 radical (unpaired) electrons. The fraction of sp³-hybridized carbons (Fsp3) is 0.538. The minimum Gasteiger partial charge on any atom is -0.369 e. The number of nitrogens with one attached hydrogen (secondary N) is 1. The molecule has 0 amide bonds. The molecule has 0 aliphatic carbocycles. The molecule has 1 heterocycles. The van der Waals surface area contributed by atoms with Crippen molar-refractivity contribution in [3.8, 4) is 0 Å². The fourth-order valence-electron chi connectivity index (χ4n) is 2.23. The average Bonchev–Trinajstić information content (AvgIpc) is 2.28. The Kier molecular flexibility index (Phi) is 4.24. The van der Waals surface area contributed by atoms with E-state index in [9.17, 15) is 4.39 Å². The normalized spacial score (nSPS) is 22.1. The van der Waals surface area contributed by atoms with Crippen molar-refractivity contribution < 1.29 is 4.39 Å². The van der Waals surface area contributed by atoms with E-state index >= 15 is 0 Å². The highest BCUT2D eigenvalue weighted by molar-refractivity contribution is 6.31. The van der Waals surface area contributed by atoms with Gasteiger partial charge in [0.2, 0.25) is 0 Å². The largest absolute Gasteiger partial charge is 0.369 e. The van der Waals surface area contributed by atoms with E-state index in [-0.39, 0.29) is 10.8 Å². The molecular weight excluding hydrogens is 239 g/mol. The Labute approximate surface area is 107 Å². The van der Waals surface area contributed by atoms with E-state index in [1.807, 2.05) is 6.07 Å². The Morgan fingerprint density at radius 2 is 2.24 bits per heavy atom. The van der Waals surface area contributed by atoms with Gasteiger partial charge in [-0.3, -0.25) is 0 Å². The summed E-state index contributed by atoms with van der Waals surface area (Å²) in [4.78, 5) is 2.31. The monoisotopic (exact) mass is 256 g/mol. The lowest BCUT2D eigenvalue weighted by Gasteiger charge is -2.33. The molecule has 1 aliphatic rings. The molecule has 2 rings (SSSR count). The first-order valence-electron chi connectivity index (χ1n) is 6.11. The van der Waals surface area contributed by atoms with Gasteiger partial charge >= 0.3 is 0 Å². The highest BCUT2D eigenvalue weighted by Gasteiger charge is 2.16. The van der Waals surface area contributed by atoms with Crippen LogP contribution in [0.25, 0.3) is 0 Å². The van der Waals surface area contributed by atoms with Gasteiger partial charge in [-0.15, -0.1) is 0 Å². The van der Waals surface area contributed by atoms with Gasteiger partial charge in [-0.05, 0) is 51.1 Å². The van der Waals surface area contributed by atoms with Crippen LogP contribution in [0.1, 0.15) is 19.8 Å². The molecule has 0 bridgehead atoms. The molecule has 1 fully saturated rings. The molecule has 1 saturated heterocycles. The highest BCUT2D eigenvalue weighted by atomic mass is 35.5. The Morgan fingerprint density at radius 1 is 1.41 bits per heavy atom. The van der Waals surface area contributed by atoms with Gasteiger partial charge in [0.25, 0.3) is 0 Å². The topological polar surface area (TPSA) is 15.3 Å². The highest BCUT2D eigenvalue weighted by Crippen LogP contribution is 2.25. The third-order valence-corrected chi connectivity index (χ3v) is 3.55. The van der Waals surface area contributed by atoms with Gasteiger partial charge in [0.15, 0.2) is 0 Å². The van der Waals surface area contributed by atoms with Crippen LogP contribution >= 0.6 is 11.6 Å². The maximum absolute atomic E-state index is 13.1. The maximum Gasteiger partial charge on any atom is 0.141 e. The van der Waals surface area contributed by atoms with Crippen molar-refractivity contribution in [2.24, 2.45) is 0 Å². The second-order valence-electron chi connectivity index (χ2n) is 4.53. The molecule has 0 spiro atoms. The van der Waals surface area contributed by atoms with Crippen LogP contribution in [0.3, 0.4) is 0 Å². The minimum atomic E-state index is -0.350. The van der Waals surface area contributed by atoms with E-state index in [0.717, 1.165) is 38.2 Å². The van der Waals surface area contributed by atoms with E-state index in [0.29, 0.717) is 6.04 Å². The van der Waals surface area contributed by atoms with Crippen LogP contribution in [0.4, 0.5) is 10.1 Å². The molecular formula is C13H18ClFN2. The van der Waals surface area contributed by atoms with Crippen molar-refractivity contribution in [1.82, 2.24) is 5.32 Å². The number of halogens is 2. The predicted molar refractivity (Wildman–Crippen MR) is 70.3 cm³/mol. The number of hydrogen-bond acceptors (Lipinski definition) is 2. The predicted octanol–water partition coefficient (Wildman–Crippen LogP) is 3.06. The summed E-state index contributed by atoms with van der Waals surface area (Å²) in [6.07, 6.45) is 2.19. The lowest BCUT2D eigenvalue weighted by Crippen LogP contribution is -2.40. The van der Waals surface area contributed by atoms with Gasteiger partial charge in [0.05, 0.1) is 5.02 Å². The summed E-state index contributed by atoms with van der Waals surface area (Å²) in [5.74, 6) is -0.350. The number of nitrogens with zero attached hydrogens (tertiary/aromatic N) is 1. The summed E-state index contributed by atoms with van der Waals surface area (Å²) >= 11 is 5.84. The lowest BCUT2D eigenvalue weighted by molar-refractivity contribution is 0.499. The van der Waals surface area contributed by atoms with E-state index in [2.05, 4.69) is 17.1 Å².